The van der Waals surface area contributed by atoms with Crippen molar-refractivity contribution < 1.29 is 0 Å². The van der Waals surface area contributed by atoms with Gasteiger partial charge in [0, 0.05) is 6.07 Å². The van der Waals surface area contributed by atoms with Crippen molar-refractivity contribution in [1.82, 2.24) is 19.6 Å². The van der Waals surface area contributed by atoms with Gasteiger partial charge in [-0.15, -0.1) is 0 Å². The Bertz CT molecular complexity index is 332. The molecular weight excluding hydrogens is 140 g/mol. The predicted molar refractivity (Wildman–Crippen MR) is 40.2 cm³/mol. The number of hydrogen-bond acceptors (Lipinski definition) is 3. The van der Waals surface area contributed by atoms with E-state index in [1.807, 2.05) is 6.07 Å². The quantitative estimate of drug-likeness (QED) is 0.597. The van der Waals surface area contributed by atoms with Gasteiger partial charge in [-0.25, -0.2) is 14.5 Å². The fourth-order valence-corrected chi connectivity index (χ4v) is 0.973. The summed E-state index contributed by atoms with van der Waals surface area (Å²) >= 11 is 0. The van der Waals surface area contributed by atoms with Crippen LogP contribution in [0.1, 0.15) is 12.6 Å². The second-order valence-corrected chi connectivity index (χ2v) is 2.30. The van der Waals surface area contributed by atoms with Gasteiger partial charge in [-0.2, -0.15) is 5.10 Å². The van der Waals surface area contributed by atoms with Crippen molar-refractivity contribution in [3.8, 4) is 0 Å². The summed E-state index contributed by atoms with van der Waals surface area (Å²) in [5.41, 5.74) is 1.90. The van der Waals surface area contributed by atoms with E-state index in [0.717, 1.165) is 17.8 Å². The monoisotopic (exact) mass is 148 g/mol. The third-order valence-corrected chi connectivity index (χ3v) is 1.56. The van der Waals surface area contributed by atoms with Crippen molar-refractivity contribution in [2.45, 2.75) is 13.3 Å². The lowest BCUT2D eigenvalue weighted by atomic mass is 10.3. The minimum absolute atomic E-state index is 0.858. The fraction of sp³-hybridized carbons (Fsp3) is 0.286. The van der Waals surface area contributed by atoms with Crippen LogP contribution in [0, 0.1) is 0 Å². The highest BCUT2D eigenvalue weighted by atomic mass is 15.3. The average molecular weight is 148 g/mol. The van der Waals surface area contributed by atoms with Gasteiger partial charge in [-0.1, -0.05) is 6.92 Å². The summed E-state index contributed by atoms with van der Waals surface area (Å²) < 4.78 is 1.68. The number of rotatable bonds is 1. The van der Waals surface area contributed by atoms with Gasteiger partial charge in [0.25, 0.3) is 0 Å². The summed E-state index contributed by atoms with van der Waals surface area (Å²) in [5, 5.41) is 4.22. The third-order valence-electron chi connectivity index (χ3n) is 1.56. The highest BCUT2D eigenvalue weighted by Gasteiger charge is 1.97. The van der Waals surface area contributed by atoms with Crippen molar-refractivity contribution >= 4 is 5.65 Å². The van der Waals surface area contributed by atoms with Crippen LogP contribution in [0.3, 0.4) is 0 Å². The molecule has 11 heavy (non-hydrogen) atoms. The van der Waals surface area contributed by atoms with Crippen LogP contribution in [-0.4, -0.2) is 19.6 Å². The lowest BCUT2D eigenvalue weighted by Gasteiger charge is -1.85. The van der Waals surface area contributed by atoms with E-state index in [1.54, 1.807) is 10.8 Å². The minimum Gasteiger partial charge on any atom is -0.225 e. The van der Waals surface area contributed by atoms with Crippen LogP contribution in [0.25, 0.3) is 5.65 Å². The molecule has 0 aromatic carbocycles. The summed E-state index contributed by atoms with van der Waals surface area (Å²) in [7, 11) is 0. The molecule has 0 radical (unpaired) electrons. The molecule has 2 heterocycles. The Morgan fingerprint density at radius 2 is 2.45 bits per heavy atom. The topological polar surface area (TPSA) is 43.1 Å². The van der Waals surface area contributed by atoms with Crippen LogP contribution in [0.5, 0.6) is 0 Å². The Morgan fingerprint density at radius 1 is 1.55 bits per heavy atom. The molecular formula is C7H8N4. The maximum atomic E-state index is 4.22. The third kappa shape index (κ3) is 0.960. The Morgan fingerprint density at radius 3 is 3.18 bits per heavy atom. The molecule has 4 nitrogen and oxygen atoms in total. The SMILES string of the molecule is CCc1cc2ncncn2n1. The standard InChI is InChI=1S/C7H8N4/c1-2-6-3-7-9-4-8-5-11(7)10-6/h3-5H,2H2,1H3. The van der Waals surface area contributed by atoms with E-state index in [2.05, 4.69) is 22.0 Å². The zero-order valence-electron chi connectivity index (χ0n) is 6.23. The van der Waals surface area contributed by atoms with E-state index < -0.39 is 0 Å². The second kappa shape index (κ2) is 2.30. The predicted octanol–water partition coefficient (Wildman–Crippen LogP) is 0.687. The highest BCUT2D eigenvalue weighted by Crippen LogP contribution is 2.01. The first-order chi connectivity index (χ1) is 5.40. The van der Waals surface area contributed by atoms with E-state index in [4.69, 9.17) is 0 Å². The summed E-state index contributed by atoms with van der Waals surface area (Å²) in [4.78, 5) is 7.89. The normalized spacial score (nSPS) is 10.6. The van der Waals surface area contributed by atoms with Gasteiger partial charge in [0.05, 0.1) is 5.69 Å². The Balaban J connectivity index is 2.69. The molecule has 0 bridgehead atoms. The van der Waals surface area contributed by atoms with E-state index >= 15 is 0 Å². The molecule has 0 unspecified atom stereocenters. The number of nitrogens with zero attached hydrogens (tertiary/aromatic N) is 4. The molecule has 0 saturated carbocycles. The molecule has 0 atom stereocenters. The average Bonchev–Trinajstić information content (AvgIpc) is 2.46. The maximum absolute atomic E-state index is 4.22. The Kier molecular flexibility index (Phi) is 1.31. The maximum Gasteiger partial charge on any atom is 0.158 e. The van der Waals surface area contributed by atoms with Gasteiger partial charge in [0.15, 0.2) is 5.65 Å². The number of aromatic nitrogens is 4. The minimum atomic E-state index is 0.858. The first-order valence-electron chi connectivity index (χ1n) is 3.54. The van der Waals surface area contributed by atoms with Crippen LogP contribution in [0.2, 0.25) is 0 Å². The van der Waals surface area contributed by atoms with Gasteiger partial charge in [0.2, 0.25) is 0 Å². The zero-order valence-corrected chi connectivity index (χ0v) is 6.23. The lowest BCUT2D eigenvalue weighted by Crippen LogP contribution is -1.90. The smallest absolute Gasteiger partial charge is 0.158 e. The molecule has 0 fully saturated rings. The van der Waals surface area contributed by atoms with Crippen molar-refractivity contribution in [3.63, 3.8) is 0 Å². The van der Waals surface area contributed by atoms with Crippen LogP contribution in [0.15, 0.2) is 18.7 Å². The van der Waals surface area contributed by atoms with Gasteiger partial charge < -0.3 is 0 Å². The lowest BCUT2D eigenvalue weighted by molar-refractivity contribution is 0.855. The van der Waals surface area contributed by atoms with Gasteiger partial charge in [-0.3, -0.25) is 0 Å². The first-order valence-corrected chi connectivity index (χ1v) is 3.54. The molecule has 2 aromatic rings. The molecule has 0 aliphatic heterocycles. The largest absolute Gasteiger partial charge is 0.225 e. The molecule has 2 rings (SSSR count). The van der Waals surface area contributed by atoms with Crippen LogP contribution in [-0.2, 0) is 6.42 Å². The molecule has 0 aliphatic carbocycles. The summed E-state index contributed by atoms with van der Waals surface area (Å²) in [6.07, 6.45) is 4.11. The van der Waals surface area contributed by atoms with Crippen LogP contribution < -0.4 is 0 Å². The van der Waals surface area contributed by atoms with E-state index in [0.29, 0.717) is 0 Å². The van der Waals surface area contributed by atoms with Crippen molar-refractivity contribution in [2.75, 3.05) is 0 Å². The number of aryl methyl sites for hydroxylation is 1. The summed E-state index contributed by atoms with van der Waals surface area (Å²) in [6.45, 7) is 2.06. The van der Waals surface area contributed by atoms with E-state index in [9.17, 15) is 0 Å². The molecule has 0 N–H and O–H groups in total. The van der Waals surface area contributed by atoms with Crippen LogP contribution >= 0.6 is 0 Å². The molecule has 0 amide bonds. The highest BCUT2D eigenvalue weighted by molar-refractivity contribution is 5.37. The van der Waals surface area contributed by atoms with Crippen LogP contribution in [0.4, 0.5) is 0 Å². The fourth-order valence-electron chi connectivity index (χ4n) is 0.973. The molecule has 2 aromatic heterocycles. The number of hydrogen-bond donors (Lipinski definition) is 0. The molecule has 0 saturated heterocycles. The molecule has 56 valence electrons. The van der Waals surface area contributed by atoms with Crippen molar-refractivity contribution in [2.24, 2.45) is 0 Å². The molecule has 4 heteroatoms. The van der Waals surface area contributed by atoms with Crippen molar-refractivity contribution in [3.05, 3.63) is 24.4 Å². The van der Waals surface area contributed by atoms with Gasteiger partial charge in [0.1, 0.15) is 12.7 Å². The number of fused-ring (bicyclic) bond motifs is 1. The van der Waals surface area contributed by atoms with E-state index in [1.165, 1.54) is 6.33 Å². The summed E-state index contributed by atoms with van der Waals surface area (Å²) in [6, 6.07) is 1.96. The van der Waals surface area contributed by atoms with E-state index in [-0.39, 0.29) is 0 Å². The first kappa shape index (κ1) is 6.27. The summed E-state index contributed by atoms with van der Waals surface area (Å²) in [5.74, 6) is 0. The molecule has 0 spiro atoms. The molecule has 0 aliphatic rings. The van der Waals surface area contributed by atoms with Gasteiger partial charge in [-0.05, 0) is 6.42 Å². The zero-order chi connectivity index (χ0) is 7.68. The Hall–Kier alpha value is -1.45. The van der Waals surface area contributed by atoms with Crippen molar-refractivity contribution in [1.29, 1.82) is 0 Å². The Labute approximate surface area is 63.9 Å². The van der Waals surface area contributed by atoms with Gasteiger partial charge >= 0.3 is 0 Å². The second-order valence-electron chi connectivity index (χ2n) is 2.30.